The van der Waals surface area contributed by atoms with E-state index in [-0.39, 0.29) is 12.5 Å². The number of aliphatic carboxylic acids is 1. The Morgan fingerprint density at radius 2 is 2.08 bits per heavy atom. The van der Waals surface area contributed by atoms with Gasteiger partial charge in [0.1, 0.15) is 0 Å². The fraction of sp³-hybridized carbons (Fsp3) is 0.900. The maximum Gasteiger partial charge on any atom is 0.307 e. The van der Waals surface area contributed by atoms with Crippen molar-refractivity contribution in [1.29, 1.82) is 0 Å². The maximum atomic E-state index is 10.7. The molecular formula is C10H19NO2. The summed E-state index contributed by atoms with van der Waals surface area (Å²) >= 11 is 0. The first-order chi connectivity index (χ1) is 6.24. The van der Waals surface area contributed by atoms with Crippen molar-refractivity contribution in [3.05, 3.63) is 0 Å². The molecule has 1 aliphatic rings. The van der Waals surface area contributed by atoms with Gasteiger partial charge in [0.15, 0.2) is 0 Å². The summed E-state index contributed by atoms with van der Waals surface area (Å²) in [5, 5.41) is 8.77. The van der Waals surface area contributed by atoms with Crippen LogP contribution in [0, 0.1) is 11.8 Å². The van der Waals surface area contributed by atoms with E-state index in [0.717, 1.165) is 18.8 Å². The van der Waals surface area contributed by atoms with Gasteiger partial charge in [-0.1, -0.05) is 25.7 Å². The summed E-state index contributed by atoms with van der Waals surface area (Å²) in [7, 11) is 0. The number of carboxylic acid groups (broad SMARTS) is 1. The Kier molecular flexibility index (Phi) is 4.22. The quantitative estimate of drug-likeness (QED) is 0.684. The molecule has 0 aromatic heterocycles. The third-order valence-corrected chi connectivity index (χ3v) is 3.03. The van der Waals surface area contributed by atoms with Crippen LogP contribution in [0.25, 0.3) is 0 Å². The molecule has 1 unspecified atom stereocenters. The molecule has 13 heavy (non-hydrogen) atoms. The van der Waals surface area contributed by atoms with Gasteiger partial charge in [-0.25, -0.2) is 0 Å². The predicted molar refractivity (Wildman–Crippen MR) is 51.4 cm³/mol. The van der Waals surface area contributed by atoms with E-state index < -0.39 is 5.97 Å². The second-order valence-corrected chi connectivity index (χ2v) is 4.00. The number of carbonyl (C=O) groups is 1. The van der Waals surface area contributed by atoms with Crippen LogP contribution in [0.4, 0.5) is 0 Å². The summed E-state index contributed by atoms with van der Waals surface area (Å²) in [6.45, 7) is 0.280. The zero-order chi connectivity index (χ0) is 9.68. The molecular weight excluding hydrogens is 166 g/mol. The molecule has 3 N–H and O–H groups in total. The lowest BCUT2D eigenvalue weighted by atomic mass is 9.95. The molecule has 0 spiro atoms. The molecule has 0 aromatic carbocycles. The topological polar surface area (TPSA) is 63.3 Å². The van der Waals surface area contributed by atoms with Crippen LogP contribution < -0.4 is 5.73 Å². The second-order valence-electron chi connectivity index (χ2n) is 4.00. The van der Waals surface area contributed by atoms with Crippen LogP contribution in [0.5, 0.6) is 0 Å². The van der Waals surface area contributed by atoms with Crippen molar-refractivity contribution in [3.8, 4) is 0 Å². The molecule has 3 nitrogen and oxygen atoms in total. The molecule has 1 atom stereocenters. The van der Waals surface area contributed by atoms with Gasteiger partial charge in [0.2, 0.25) is 0 Å². The van der Waals surface area contributed by atoms with E-state index in [0.29, 0.717) is 0 Å². The average Bonchev–Trinajstić information content (AvgIpc) is 2.57. The average molecular weight is 185 g/mol. The Bertz CT molecular complexity index is 164. The van der Waals surface area contributed by atoms with Gasteiger partial charge in [0.25, 0.3) is 0 Å². The molecule has 0 heterocycles. The van der Waals surface area contributed by atoms with Gasteiger partial charge in [-0.05, 0) is 18.8 Å². The third kappa shape index (κ3) is 3.35. The highest BCUT2D eigenvalue weighted by Gasteiger charge is 2.20. The van der Waals surface area contributed by atoms with E-state index in [1.807, 2.05) is 0 Å². The molecule has 0 bridgehead atoms. The van der Waals surface area contributed by atoms with E-state index in [4.69, 9.17) is 10.8 Å². The Hall–Kier alpha value is -0.570. The van der Waals surface area contributed by atoms with Gasteiger partial charge < -0.3 is 10.8 Å². The minimum absolute atomic E-state index is 0.280. The molecule has 0 saturated heterocycles. The first-order valence-electron chi connectivity index (χ1n) is 5.17. The van der Waals surface area contributed by atoms with Gasteiger partial charge in [-0.3, -0.25) is 4.79 Å². The lowest BCUT2D eigenvalue weighted by Gasteiger charge is -2.12. The van der Waals surface area contributed by atoms with Crippen molar-refractivity contribution in [1.82, 2.24) is 0 Å². The van der Waals surface area contributed by atoms with Crippen molar-refractivity contribution in [2.45, 2.75) is 38.5 Å². The predicted octanol–water partition coefficient (Wildman–Crippen LogP) is 1.62. The molecule has 0 aromatic rings. The zero-order valence-electron chi connectivity index (χ0n) is 8.04. The highest BCUT2D eigenvalue weighted by Crippen LogP contribution is 2.29. The molecule has 1 aliphatic carbocycles. The summed E-state index contributed by atoms with van der Waals surface area (Å²) in [5.74, 6) is -0.283. The van der Waals surface area contributed by atoms with E-state index in [2.05, 4.69) is 0 Å². The Balaban J connectivity index is 2.18. The Labute approximate surface area is 79.3 Å². The SMILES string of the molecule is NCC(CCC1CCCC1)C(=O)O. The summed E-state index contributed by atoms with van der Waals surface area (Å²) in [5.41, 5.74) is 5.38. The van der Waals surface area contributed by atoms with Gasteiger partial charge in [-0.2, -0.15) is 0 Å². The summed E-state index contributed by atoms with van der Waals surface area (Å²) in [6, 6.07) is 0. The van der Waals surface area contributed by atoms with Crippen molar-refractivity contribution < 1.29 is 9.90 Å². The highest BCUT2D eigenvalue weighted by molar-refractivity contribution is 5.70. The Morgan fingerprint density at radius 1 is 1.46 bits per heavy atom. The van der Waals surface area contributed by atoms with E-state index in [1.54, 1.807) is 0 Å². The van der Waals surface area contributed by atoms with Gasteiger partial charge >= 0.3 is 5.97 Å². The number of nitrogens with two attached hydrogens (primary N) is 1. The third-order valence-electron chi connectivity index (χ3n) is 3.03. The summed E-state index contributed by atoms with van der Waals surface area (Å²) < 4.78 is 0. The molecule has 1 rings (SSSR count). The summed E-state index contributed by atoms with van der Waals surface area (Å²) in [4.78, 5) is 10.7. The van der Waals surface area contributed by atoms with Crippen LogP contribution in [0.15, 0.2) is 0 Å². The van der Waals surface area contributed by atoms with Crippen molar-refractivity contribution in [2.24, 2.45) is 17.6 Å². The molecule has 3 heteroatoms. The van der Waals surface area contributed by atoms with Gasteiger partial charge in [0, 0.05) is 6.54 Å². The fourth-order valence-electron chi connectivity index (χ4n) is 2.08. The number of carboxylic acids is 1. The number of rotatable bonds is 5. The van der Waals surface area contributed by atoms with Crippen LogP contribution in [0.3, 0.4) is 0 Å². The Morgan fingerprint density at radius 3 is 2.54 bits per heavy atom. The second kappa shape index (κ2) is 5.22. The van der Waals surface area contributed by atoms with E-state index in [1.165, 1.54) is 25.7 Å². The van der Waals surface area contributed by atoms with E-state index in [9.17, 15) is 4.79 Å². The standard InChI is InChI=1S/C10H19NO2/c11-7-9(10(12)13)6-5-8-3-1-2-4-8/h8-9H,1-7,11H2,(H,12,13). The molecule has 0 radical (unpaired) electrons. The van der Waals surface area contributed by atoms with Crippen LogP contribution in [-0.4, -0.2) is 17.6 Å². The minimum Gasteiger partial charge on any atom is -0.481 e. The van der Waals surface area contributed by atoms with Crippen molar-refractivity contribution in [3.63, 3.8) is 0 Å². The molecule has 0 aliphatic heterocycles. The number of hydrogen-bond acceptors (Lipinski definition) is 2. The molecule has 1 fully saturated rings. The smallest absolute Gasteiger partial charge is 0.307 e. The first-order valence-corrected chi connectivity index (χ1v) is 5.17. The molecule has 76 valence electrons. The van der Waals surface area contributed by atoms with E-state index >= 15 is 0 Å². The lowest BCUT2D eigenvalue weighted by Crippen LogP contribution is -2.23. The zero-order valence-corrected chi connectivity index (χ0v) is 8.04. The van der Waals surface area contributed by atoms with Crippen LogP contribution in [-0.2, 0) is 4.79 Å². The molecule has 1 saturated carbocycles. The fourth-order valence-corrected chi connectivity index (χ4v) is 2.08. The largest absolute Gasteiger partial charge is 0.481 e. The normalized spacial score (nSPS) is 20.4. The van der Waals surface area contributed by atoms with Crippen LogP contribution >= 0.6 is 0 Å². The minimum atomic E-state index is -0.736. The first kappa shape index (κ1) is 10.5. The van der Waals surface area contributed by atoms with Gasteiger partial charge in [-0.15, -0.1) is 0 Å². The van der Waals surface area contributed by atoms with Crippen molar-refractivity contribution >= 4 is 5.97 Å². The lowest BCUT2D eigenvalue weighted by molar-refractivity contribution is -0.141. The van der Waals surface area contributed by atoms with Crippen molar-refractivity contribution in [2.75, 3.05) is 6.54 Å². The number of hydrogen-bond donors (Lipinski definition) is 2. The summed E-state index contributed by atoms with van der Waals surface area (Å²) in [6.07, 6.45) is 7.04. The maximum absolute atomic E-state index is 10.7. The molecule has 0 amide bonds. The highest BCUT2D eigenvalue weighted by atomic mass is 16.4. The monoisotopic (exact) mass is 185 g/mol. The van der Waals surface area contributed by atoms with Crippen LogP contribution in [0.2, 0.25) is 0 Å². The van der Waals surface area contributed by atoms with Gasteiger partial charge in [0.05, 0.1) is 5.92 Å². The van der Waals surface area contributed by atoms with Crippen LogP contribution in [0.1, 0.15) is 38.5 Å².